The highest BCUT2D eigenvalue weighted by atomic mass is 35.5. The molecule has 6 heteroatoms. The van der Waals surface area contributed by atoms with Crippen molar-refractivity contribution < 1.29 is 8.42 Å². The van der Waals surface area contributed by atoms with E-state index in [-0.39, 0.29) is 5.03 Å². The molecule has 1 heterocycles. The van der Waals surface area contributed by atoms with Crippen molar-refractivity contribution in [3.63, 3.8) is 0 Å². The van der Waals surface area contributed by atoms with Crippen LogP contribution in [0.4, 0.5) is 0 Å². The van der Waals surface area contributed by atoms with E-state index < -0.39 is 10.0 Å². The largest absolute Gasteiger partial charge is 0.260 e. The quantitative estimate of drug-likeness (QED) is 0.725. The fourth-order valence-electron chi connectivity index (χ4n) is 1.56. The Balaban J connectivity index is 2.95. The number of hydrogen-bond donors (Lipinski definition) is 0. The summed E-state index contributed by atoms with van der Waals surface area (Å²) in [7, 11) is -3.47. The number of unbranched alkanes of at least 4 members (excludes halogenated alkanes) is 1. The second-order valence-corrected chi connectivity index (χ2v) is 6.14. The molecule has 102 valence electrons. The molecule has 0 unspecified atom stereocenters. The van der Waals surface area contributed by atoms with E-state index in [4.69, 9.17) is 11.6 Å². The zero-order valence-corrected chi connectivity index (χ0v) is 12.3. The third-order valence-electron chi connectivity index (χ3n) is 2.67. The Labute approximate surface area is 114 Å². The van der Waals surface area contributed by atoms with Gasteiger partial charge in [-0.25, -0.2) is 13.4 Å². The maximum Gasteiger partial charge on any atom is 0.260 e. The monoisotopic (exact) mass is 290 g/mol. The minimum absolute atomic E-state index is 0.0920. The zero-order chi connectivity index (χ0) is 13.6. The van der Waals surface area contributed by atoms with Gasteiger partial charge in [0.1, 0.15) is 0 Å². The highest BCUT2D eigenvalue weighted by Crippen LogP contribution is 2.15. The molecule has 0 fully saturated rings. The van der Waals surface area contributed by atoms with Crippen molar-refractivity contribution in [1.82, 2.24) is 9.29 Å². The predicted molar refractivity (Wildman–Crippen MR) is 73.1 cm³/mol. The molecule has 0 bridgehead atoms. The fourth-order valence-corrected chi connectivity index (χ4v) is 3.12. The van der Waals surface area contributed by atoms with E-state index in [1.54, 1.807) is 6.07 Å². The minimum atomic E-state index is -3.47. The number of pyridine rings is 1. The smallest absolute Gasteiger partial charge is 0.243 e. The van der Waals surface area contributed by atoms with E-state index in [1.807, 2.05) is 13.8 Å². The maximum absolute atomic E-state index is 12.3. The zero-order valence-electron chi connectivity index (χ0n) is 10.8. The summed E-state index contributed by atoms with van der Waals surface area (Å²) in [5.41, 5.74) is 0.812. The molecule has 0 aromatic carbocycles. The van der Waals surface area contributed by atoms with E-state index in [1.165, 1.54) is 16.6 Å². The molecule has 0 aliphatic heterocycles. The molecular formula is C12H19ClN2O2S. The van der Waals surface area contributed by atoms with Gasteiger partial charge in [0, 0.05) is 25.2 Å². The normalized spacial score (nSPS) is 12.0. The van der Waals surface area contributed by atoms with Crippen LogP contribution in [0.2, 0.25) is 0 Å². The molecule has 1 aromatic heterocycles. The summed E-state index contributed by atoms with van der Waals surface area (Å²) in [4.78, 5) is 3.98. The van der Waals surface area contributed by atoms with Gasteiger partial charge in [-0.15, -0.1) is 11.6 Å². The van der Waals surface area contributed by atoms with Crippen molar-refractivity contribution in [2.24, 2.45) is 0 Å². The van der Waals surface area contributed by atoms with Gasteiger partial charge in [-0.3, -0.25) is 0 Å². The molecule has 0 N–H and O–H groups in total. The standard InChI is InChI=1S/C12H19ClN2O2S/c1-3-5-8-15(4-2)18(16,17)12-7-6-11(9-13)10-14-12/h6-7,10H,3-5,8-9H2,1-2H3. The molecule has 0 radical (unpaired) electrons. The average Bonchev–Trinajstić information content (AvgIpc) is 2.39. The first-order chi connectivity index (χ1) is 8.56. The lowest BCUT2D eigenvalue weighted by Gasteiger charge is -2.19. The number of rotatable bonds is 7. The van der Waals surface area contributed by atoms with Gasteiger partial charge in [0.05, 0.1) is 0 Å². The SMILES string of the molecule is CCCCN(CC)S(=O)(=O)c1ccc(CCl)cn1. The molecule has 0 saturated heterocycles. The van der Waals surface area contributed by atoms with Gasteiger partial charge in [-0.1, -0.05) is 26.3 Å². The van der Waals surface area contributed by atoms with Crippen molar-refractivity contribution in [2.45, 2.75) is 37.6 Å². The number of aromatic nitrogens is 1. The number of sulfonamides is 1. The van der Waals surface area contributed by atoms with Crippen molar-refractivity contribution in [1.29, 1.82) is 0 Å². The molecule has 4 nitrogen and oxygen atoms in total. The van der Waals surface area contributed by atoms with Crippen LogP contribution >= 0.6 is 11.6 Å². The summed E-state index contributed by atoms with van der Waals surface area (Å²) in [6.45, 7) is 4.86. The lowest BCUT2D eigenvalue weighted by Crippen LogP contribution is -2.32. The van der Waals surface area contributed by atoms with Crippen LogP contribution in [0.3, 0.4) is 0 Å². The van der Waals surface area contributed by atoms with E-state index >= 15 is 0 Å². The number of hydrogen-bond acceptors (Lipinski definition) is 3. The third-order valence-corrected chi connectivity index (χ3v) is 4.87. The Morgan fingerprint density at radius 1 is 1.33 bits per heavy atom. The Kier molecular flexibility index (Phi) is 6.05. The second-order valence-electron chi connectivity index (χ2n) is 3.99. The minimum Gasteiger partial charge on any atom is -0.243 e. The summed E-state index contributed by atoms with van der Waals surface area (Å²) in [5.74, 6) is 0.334. The van der Waals surface area contributed by atoms with Gasteiger partial charge >= 0.3 is 0 Å². The Bertz CT molecular complexity index is 459. The maximum atomic E-state index is 12.3. The van der Waals surface area contributed by atoms with Crippen LogP contribution in [0.1, 0.15) is 32.3 Å². The summed E-state index contributed by atoms with van der Waals surface area (Å²) < 4.78 is 26.1. The molecular weight excluding hydrogens is 272 g/mol. The summed E-state index contributed by atoms with van der Waals surface area (Å²) in [6, 6.07) is 3.21. The summed E-state index contributed by atoms with van der Waals surface area (Å²) in [5, 5.41) is 0.0920. The predicted octanol–water partition coefficient (Wildman–Crippen LogP) is 2.63. The van der Waals surface area contributed by atoms with Crippen LogP contribution in [0.5, 0.6) is 0 Å². The second kappa shape index (κ2) is 7.07. The van der Waals surface area contributed by atoms with E-state index in [0.717, 1.165) is 18.4 Å². The topological polar surface area (TPSA) is 50.3 Å². The molecule has 0 saturated carbocycles. The first kappa shape index (κ1) is 15.4. The highest BCUT2D eigenvalue weighted by molar-refractivity contribution is 7.89. The molecule has 0 amide bonds. The Hall–Kier alpha value is -0.650. The molecule has 0 aliphatic carbocycles. The van der Waals surface area contributed by atoms with Crippen LogP contribution in [0.25, 0.3) is 0 Å². The van der Waals surface area contributed by atoms with Crippen molar-refractivity contribution in [3.05, 3.63) is 23.9 Å². The molecule has 18 heavy (non-hydrogen) atoms. The lowest BCUT2D eigenvalue weighted by atomic mass is 10.3. The van der Waals surface area contributed by atoms with Crippen LogP contribution < -0.4 is 0 Å². The first-order valence-electron chi connectivity index (χ1n) is 6.07. The van der Waals surface area contributed by atoms with E-state index in [9.17, 15) is 8.42 Å². The number of halogens is 1. The van der Waals surface area contributed by atoms with Gasteiger partial charge < -0.3 is 0 Å². The fraction of sp³-hybridized carbons (Fsp3) is 0.583. The average molecular weight is 291 g/mol. The Morgan fingerprint density at radius 3 is 2.50 bits per heavy atom. The molecule has 1 rings (SSSR count). The van der Waals surface area contributed by atoms with Crippen molar-refractivity contribution >= 4 is 21.6 Å². The third kappa shape index (κ3) is 3.67. The van der Waals surface area contributed by atoms with Crippen molar-refractivity contribution in [3.8, 4) is 0 Å². The van der Waals surface area contributed by atoms with Gasteiger partial charge in [-0.05, 0) is 18.1 Å². The summed E-state index contributed by atoms with van der Waals surface area (Å²) in [6.07, 6.45) is 3.32. The van der Waals surface area contributed by atoms with Gasteiger partial charge in [0.25, 0.3) is 10.0 Å². The van der Waals surface area contributed by atoms with E-state index in [2.05, 4.69) is 4.98 Å². The lowest BCUT2D eigenvalue weighted by molar-refractivity contribution is 0.417. The molecule has 0 spiro atoms. The molecule has 0 atom stereocenters. The first-order valence-corrected chi connectivity index (χ1v) is 8.04. The number of alkyl halides is 1. The molecule has 1 aromatic rings. The van der Waals surface area contributed by atoms with Crippen LogP contribution in [-0.4, -0.2) is 30.8 Å². The highest BCUT2D eigenvalue weighted by Gasteiger charge is 2.23. The molecule has 0 aliphatic rings. The van der Waals surface area contributed by atoms with E-state index in [0.29, 0.717) is 19.0 Å². The van der Waals surface area contributed by atoms with Crippen LogP contribution in [0, 0.1) is 0 Å². The van der Waals surface area contributed by atoms with Crippen LogP contribution in [-0.2, 0) is 15.9 Å². The summed E-state index contributed by atoms with van der Waals surface area (Å²) >= 11 is 5.65. The van der Waals surface area contributed by atoms with Crippen LogP contribution in [0.15, 0.2) is 23.4 Å². The van der Waals surface area contributed by atoms with Gasteiger partial charge in [-0.2, -0.15) is 4.31 Å². The Morgan fingerprint density at radius 2 is 2.06 bits per heavy atom. The van der Waals surface area contributed by atoms with Crippen molar-refractivity contribution in [2.75, 3.05) is 13.1 Å². The number of nitrogens with zero attached hydrogens (tertiary/aromatic N) is 2. The van der Waals surface area contributed by atoms with Gasteiger partial charge in [0.15, 0.2) is 5.03 Å². The van der Waals surface area contributed by atoms with Gasteiger partial charge in [0.2, 0.25) is 0 Å².